The molecule has 0 saturated carbocycles. The Bertz CT molecular complexity index is 437. The van der Waals surface area contributed by atoms with Gasteiger partial charge in [-0.2, -0.15) is 0 Å². The molecule has 1 aromatic rings. The molecule has 1 aliphatic heterocycles. The van der Waals surface area contributed by atoms with Crippen LogP contribution in [0.5, 0.6) is 5.75 Å². The summed E-state index contributed by atoms with van der Waals surface area (Å²) in [5.74, 6) is 0.980. The van der Waals surface area contributed by atoms with Gasteiger partial charge in [-0.3, -0.25) is 9.69 Å². The van der Waals surface area contributed by atoms with Crippen LogP contribution in [0.4, 0.5) is 0 Å². The Morgan fingerprint density at radius 2 is 1.95 bits per heavy atom. The number of nitrogens with zero attached hydrogens (tertiary/aromatic N) is 1. The molecule has 4 nitrogen and oxygen atoms in total. The van der Waals surface area contributed by atoms with Gasteiger partial charge < -0.3 is 10.2 Å². The van der Waals surface area contributed by atoms with Crippen LogP contribution in [0.2, 0.25) is 0 Å². The number of hydrogen-bond acceptors (Lipinski definition) is 3. The Kier molecular flexibility index (Phi) is 7.05. The van der Waals surface area contributed by atoms with E-state index < -0.39 is 0 Å². The molecule has 1 heterocycles. The van der Waals surface area contributed by atoms with Gasteiger partial charge >= 0.3 is 0 Å². The average Bonchev–Trinajstić information content (AvgIpc) is 2.27. The molecule has 0 amide bonds. The van der Waals surface area contributed by atoms with Crippen LogP contribution >= 0.6 is 12.4 Å². The summed E-state index contributed by atoms with van der Waals surface area (Å²) in [7, 11) is 1.96. The third kappa shape index (κ3) is 4.49. The Morgan fingerprint density at radius 1 is 1.26 bits per heavy atom. The van der Waals surface area contributed by atoms with Crippen LogP contribution in [-0.2, 0) is 4.79 Å². The van der Waals surface area contributed by atoms with E-state index in [-0.39, 0.29) is 29.8 Å². The molecule has 108 valence electrons. The molecular weight excluding hydrogens is 266 g/mol. The van der Waals surface area contributed by atoms with Crippen LogP contribution in [0.15, 0.2) is 18.2 Å². The summed E-state index contributed by atoms with van der Waals surface area (Å²) in [4.78, 5) is 13.8. The highest BCUT2D eigenvalue weighted by molar-refractivity contribution is 5.86. The average molecular weight is 288 g/mol. The summed E-state index contributed by atoms with van der Waals surface area (Å²) in [5.41, 5.74) is 2.44. The molecule has 0 radical (unpaired) electrons. The Labute approximate surface area is 120 Å². The number of Topliss-reactive ketones (excluding diaryl/α,β-unsaturated/α-hetero) is 1. The molecule has 2 rings (SSSR count). The smallest absolute Gasteiger partial charge is 0.187 e. The molecule has 0 aromatic heterocycles. The maximum absolute atomic E-state index is 11.8. The van der Waals surface area contributed by atoms with Crippen molar-refractivity contribution in [2.75, 3.05) is 20.1 Å². The van der Waals surface area contributed by atoms with Crippen molar-refractivity contribution in [3.8, 4) is 5.75 Å². The highest BCUT2D eigenvalue weighted by atomic mass is 35.5. The van der Waals surface area contributed by atoms with E-state index in [0.29, 0.717) is 6.54 Å². The van der Waals surface area contributed by atoms with Crippen LogP contribution < -0.4 is 4.74 Å². The van der Waals surface area contributed by atoms with Gasteiger partial charge in [-0.25, -0.2) is 0 Å². The van der Waals surface area contributed by atoms with E-state index in [1.54, 1.807) is 0 Å². The van der Waals surface area contributed by atoms with Gasteiger partial charge in [-0.1, -0.05) is 6.07 Å². The van der Waals surface area contributed by atoms with Crippen molar-refractivity contribution in [1.29, 1.82) is 0 Å². The first-order valence-electron chi connectivity index (χ1n) is 6.01. The second-order valence-electron chi connectivity index (χ2n) is 4.85. The lowest BCUT2D eigenvalue weighted by atomic mass is 10.1. The third-order valence-corrected chi connectivity index (χ3v) is 3.31. The minimum Gasteiger partial charge on any atom is -0.483 e. The summed E-state index contributed by atoms with van der Waals surface area (Å²) in [6.45, 7) is 5.54. The maximum Gasteiger partial charge on any atom is 0.187 e. The van der Waals surface area contributed by atoms with Crippen LogP contribution in [-0.4, -0.2) is 42.4 Å². The number of halogens is 1. The molecule has 0 aliphatic carbocycles. The van der Waals surface area contributed by atoms with Gasteiger partial charge in [-0.05, 0) is 44.2 Å². The maximum atomic E-state index is 11.8. The number of carbonyl (C=O) groups is 1. The lowest BCUT2D eigenvalue weighted by Crippen LogP contribution is -2.44. The summed E-state index contributed by atoms with van der Waals surface area (Å²) in [6.07, 6.45) is 0.510. The number of piperidine rings is 1. The zero-order chi connectivity index (χ0) is 12.4. The molecule has 1 saturated heterocycles. The van der Waals surface area contributed by atoms with E-state index in [2.05, 4.69) is 13.8 Å². The number of likely N-dealkylation sites (tertiary alicyclic amines) is 1. The van der Waals surface area contributed by atoms with Crippen LogP contribution in [0.3, 0.4) is 0 Å². The predicted octanol–water partition coefficient (Wildman–Crippen LogP) is 1.55. The van der Waals surface area contributed by atoms with Crippen molar-refractivity contribution in [2.45, 2.75) is 26.4 Å². The minimum atomic E-state index is -0.270. The van der Waals surface area contributed by atoms with Gasteiger partial charge in [0.1, 0.15) is 5.75 Å². The topological polar surface area (TPSA) is 61.0 Å². The predicted molar refractivity (Wildman–Crippen MR) is 78.3 cm³/mol. The number of benzene rings is 1. The highest BCUT2D eigenvalue weighted by Gasteiger charge is 2.26. The standard InChI is InChI=1S/C14H19NO2.ClH.H2O/c1-10-4-5-12(8-11(10)2)17-14-6-7-15(3)9-13(14)16;;/h4-5,8,14H,6-7,9H2,1-3H3;1H;1H2. The van der Waals surface area contributed by atoms with Crippen molar-refractivity contribution in [3.05, 3.63) is 29.3 Å². The minimum absolute atomic E-state index is 0. The molecule has 1 fully saturated rings. The summed E-state index contributed by atoms with van der Waals surface area (Å²) >= 11 is 0. The zero-order valence-corrected chi connectivity index (χ0v) is 12.4. The molecule has 2 N–H and O–H groups in total. The van der Waals surface area contributed by atoms with Gasteiger partial charge in [0, 0.05) is 13.0 Å². The van der Waals surface area contributed by atoms with Gasteiger partial charge in [0.25, 0.3) is 0 Å². The Hall–Kier alpha value is -1.10. The Balaban J connectivity index is 0.00000162. The van der Waals surface area contributed by atoms with Gasteiger partial charge in [0.15, 0.2) is 11.9 Å². The number of hydrogen-bond donors (Lipinski definition) is 0. The fourth-order valence-electron chi connectivity index (χ4n) is 2.02. The summed E-state index contributed by atoms with van der Waals surface area (Å²) in [5, 5.41) is 0. The fraction of sp³-hybridized carbons (Fsp3) is 0.500. The van der Waals surface area contributed by atoms with Crippen molar-refractivity contribution in [1.82, 2.24) is 4.90 Å². The van der Waals surface area contributed by atoms with Gasteiger partial charge in [0.05, 0.1) is 6.54 Å². The number of rotatable bonds is 2. The first-order chi connectivity index (χ1) is 8.06. The van der Waals surface area contributed by atoms with Crippen molar-refractivity contribution >= 4 is 18.2 Å². The lowest BCUT2D eigenvalue weighted by Gasteiger charge is -2.28. The molecular formula is C14H22ClNO3. The number of carbonyl (C=O) groups excluding carboxylic acids is 1. The SMILES string of the molecule is Cc1ccc(OC2CCN(C)CC2=O)cc1C.Cl.O. The van der Waals surface area contributed by atoms with Crippen LogP contribution in [0.25, 0.3) is 0 Å². The van der Waals surface area contributed by atoms with E-state index in [4.69, 9.17) is 4.74 Å². The molecule has 0 bridgehead atoms. The largest absolute Gasteiger partial charge is 0.483 e. The van der Waals surface area contributed by atoms with E-state index in [1.807, 2.05) is 30.1 Å². The quantitative estimate of drug-likeness (QED) is 0.829. The van der Waals surface area contributed by atoms with Crippen molar-refractivity contribution < 1.29 is 15.0 Å². The summed E-state index contributed by atoms with van der Waals surface area (Å²) in [6, 6.07) is 5.97. The summed E-state index contributed by atoms with van der Waals surface area (Å²) < 4.78 is 5.78. The number of aryl methyl sites for hydroxylation is 2. The van der Waals surface area contributed by atoms with Gasteiger partial charge in [0.2, 0.25) is 0 Å². The first kappa shape index (κ1) is 17.9. The fourth-order valence-corrected chi connectivity index (χ4v) is 2.02. The number of ketones is 1. The molecule has 5 heteroatoms. The molecule has 0 spiro atoms. The molecule has 1 aromatic carbocycles. The second-order valence-corrected chi connectivity index (χ2v) is 4.85. The molecule has 1 unspecified atom stereocenters. The highest BCUT2D eigenvalue weighted by Crippen LogP contribution is 2.20. The van der Waals surface area contributed by atoms with E-state index in [1.165, 1.54) is 11.1 Å². The van der Waals surface area contributed by atoms with E-state index in [0.717, 1.165) is 18.7 Å². The van der Waals surface area contributed by atoms with Crippen molar-refractivity contribution in [2.24, 2.45) is 0 Å². The molecule has 1 aliphatic rings. The van der Waals surface area contributed by atoms with Gasteiger partial charge in [-0.15, -0.1) is 12.4 Å². The molecule has 1 atom stereocenters. The first-order valence-corrected chi connectivity index (χ1v) is 6.01. The van der Waals surface area contributed by atoms with Crippen LogP contribution in [0.1, 0.15) is 17.5 Å². The van der Waals surface area contributed by atoms with Crippen molar-refractivity contribution in [3.63, 3.8) is 0 Å². The normalized spacial score (nSPS) is 19.3. The number of ether oxygens (including phenoxy) is 1. The zero-order valence-electron chi connectivity index (χ0n) is 11.6. The number of likely N-dealkylation sites (N-methyl/N-ethyl adjacent to an activating group) is 1. The second kappa shape index (κ2) is 7.48. The van der Waals surface area contributed by atoms with E-state index >= 15 is 0 Å². The Morgan fingerprint density at radius 3 is 2.53 bits per heavy atom. The third-order valence-electron chi connectivity index (χ3n) is 3.31. The monoisotopic (exact) mass is 287 g/mol. The molecule has 19 heavy (non-hydrogen) atoms. The van der Waals surface area contributed by atoms with E-state index in [9.17, 15) is 4.79 Å². The van der Waals surface area contributed by atoms with Crippen LogP contribution in [0, 0.1) is 13.8 Å². The lowest BCUT2D eigenvalue weighted by molar-refractivity contribution is -0.129.